The van der Waals surface area contributed by atoms with E-state index in [9.17, 15) is 18.7 Å². The highest BCUT2D eigenvalue weighted by atomic mass is 19.1. The van der Waals surface area contributed by atoms with Crippen LogP contribution >= 0.6 is 0 Å². The number of nitrogens with one attached hydrogen (secondary N) is 1. The zero-order chi connectivity index (χ0) is 18.2. The Bertz CT molecular complexity index is 671. The number of hydrogen-bond acceptors (Lipinski definition) is 3. The summed E-state index contributed by atoms with van der Waals surface area (Å²) in [6.45, 7) is 1.94. The van der Waals surface area contributed by atoms with Crippen LogP contribution in [0.25, 0.3) is 0 Å². The van der Waals surface area contributed by atoms with Crippen LogP contribution in [0.15, 0.2) is 48.5 Å². The minimum atomic E-state index is -0.679. The lowest BCUT2D eigenvalue weighted by molar-refractivity contribution is -0.120. The summed E-state index contributed by atoms with van der Waals surface area (Å²) in [6.07, 6.45) is 0.674. The van der Waals surface area contributed by atoms with E-state index in [1.54, 1.807) is 0 Å². The maximum Gasteiger partial charge on any atom is 0.239 e. The monoisotopic (exact) mass is 348 g/mol. The van der Waals surface area contributed by atoms with Crippen LogP contribution in [0.4, 0.5) is 14.5 Å². The number of halogens is 2. The molecule has 0 bridgehead atoms. The summed E-state index contributed by atoms with van der Waals surface area (Å²) in [4.78, 5) is 14.1. The van der Waals surface area contributed by atoms with Crippen LogP contribution in [0.3, 0.4) is 0 Å². The molecule has 2 aromatic carbocycles. The van der Waals surface area contributed by atoms with Crippen molar-refractivity contribution in [2.45, 2.75) is 25.9 Å². The SMILES string of the molecule is CCC(CO)N(CC(=O)NCc1cc(F)cc(F)c1)c1ccccc1. The van der Waals surface area contributed by atoms with Crippen LogP contribution < -0.4 is 10.2 Å². The van der Waals surface area contributed by atoms with Gasteiger partial charge in [-0.15, -0.1) is 0 Å². The fourth-order valence-electron chi connectivity index (χ4n) is 2.62. The van der Waals surface area contributed by atoms with E-state index in [4.69, 9.17) is 0 Å². The standard InChI is InChI=1S/C19H22F2N2O2/c1-2-17(13-24)23(18-6-4-3-5-7-18)12-19(25)22-11-14-8-15(20)10-16(21)9-14/h3-10,17,24H,2,11-13H2,1H3,(H,22,25). The molecule has 0 heterocycles. The maximum atomic E-state index is 13.2. The van der Waals surface area contributed by atoms with Crippen LogP contribution in [-0.2, 0) is 11.3 Å². The van der Waals surface area contributed by atoms with E-state index in [-0.39, 0.29) is 31.6 Å². The Hall–Kier alpha value is -2.47. The van der Waals surface area contributed by atoms with E-state index in [1.807, 2.05) is 42.2 Å². The average Bonchev–Trinajstić information content (AvgIpc) is 2.60. The molecule has 0 radical (unpaired) electrons. The van der Waals surface area contributed by atoms with Gasteiger partial charge in [-0.3, -0.25) is 4.79 Å². The van der Waals surface area contributed by atoms with Crippen molar-refractivity contribution < 1.29 is 18.7 Å². The van der Waals surface area contributed by atoms with Crippen LogP contribution in [0.5, 0.6) is 0 Å². The van der Waals surface area contributed by atoms with E-state index in [2.05, 4.69) is 5.32 Å². The predicted octanol–water partition coefficient (Wildman–Crippen LogP) is 2.86. The molecule has 1 amide bonds. The molecule has 0 aliphatic heterocycles. The number of anilines is 1. The van der Waals surface area contributed by atoms with Crippen molar-refractivity contribution >= 4 is 11.6 Å². The number of para-hydroxylation sites is 1. The number of carbonyl (C=O) groups excluding carboxylic acids is 1. The molecule has 2 N–H and O–H groups in total. The van der Waals surface area contributed by atoms with Crippen LogP contribution in [0.1, 0.15) is 18.9 Å². The highest BCUT2D eigenvalue weighted by Gasteiger charge is 2.19. The van der Waals surface area contributed by atoms with Gasteiger partial charge in [-0.05, 0) is 36.2 Å². The van der Waals surface area contributed by atoms with Crippen molar-refractivity contribution in [2.75, 3.05) is 18.1 Å². The van der Waals surface area contributed by atoms with Crippen LogP contribution in [0.2, 0.25) is 0 Å². The second-order valence-electron chi connectivity index (χ2n) is 5.76. The van der Waals surface area contributed by atoms with Crippen molar-refractivity contribution in [3.05, 3.63) is 65.7 Å². The molecule has 0 aliphatic rings. The number of aliphatic hydroxyl groups is 1. The Labute approximate surface area is 146 Å². The minimum absolute atomic E-state index is 0.0338. The van der Waals surface area contributed by atoms with Crippen molar-refractivity contribution in [1.82, 2.24) is 5.32 Å². The molecular weight excluding hydrogens is 326 g/mol. The molecule has 1 atom stereocenters. The summed E-state index contributed by atoms with van der Waals surface area (Å²) in [5.74, 6) is -1.65. The molecule has 0 aromatic heterocycles. The first-order valence-electron chi connectivity index (χ1n) is 8.17. The third kappa shape index (κ3) is 5.53. The van der Waals surface area contributed by atoms with Gasteiger partial charge in [-0.1, -0.05) is 25.1 Å². The fraction of sp³-hybridized carbons (Fsp3) is 0.316. The normalized spacial score (nSPS) is 11.8. The number of aliphatic hydroxyl groups excluding tert-OH is 1. The number of hydrogen-bond donors (Lipinski definition) is 2. The Morgan fingerprint density at radius 1 is 1.16 bits per heavy atom. The first kappa shape index (κ1) is 18.9. The minimum Gasteiger partial charge on any atom is -0.394 e. The Balaban J connectivity index is 2.04. The average molecular weight is 348 g/mol. The first-order chi connectivity index (χ1) is 12.0. The summed E-state index contributed by atoms with van der Waals surface area (Å²) in [5.41, 5.74) is 1.18. The maximum absolute atomic E-state index is 13.2. The molecule has 0 aliphatic carbocycles. The highest BCUT2D eigenvalue weighted by molar-refractivity contribution is 5.81. The molecular formula is C19H22F2N2O2. The second kappa shape index (κ2) is 9.13. The number of amides is 1. The van der Waals surface area contributed by atoms with Gasteiger partial charge in [0.2, 0.25) is 5.91 Å². The summed E-state index contributed by atoms with van der Waals surface area (Å²) in [6, 6.07) is 12.3. The zero-order valence-corrected chi connectivity index (χ0v) is 14.1. The molecule has 4 nitrogen and oxygen atoms in total. The molecule has 0 saturated carbocycles. The van der Waals surface area contributed by atoms with Gasteiger partial charge in [-0.25, -0.2) is 8.78 Å². The summed E-state index contributed by atoms with van der Waals surface area (Å²) < 4.78 is 26.4. The summed E-state index contributed by atoms with van der Waals surface area (Å²) in [5, 5.41) is 12.2. The highest BCUT2D eigenvalue weighted by Crippen LogP contribution is 2.18. The van der Waals surface area contributed by atoms with Crippen LogP contribution in [0, 0.1) is 11.6 Å². The van der Waals surface area contributed by atoms with Gasteiger partial charge in [-0.2, -0.15) is 0 Å². The Morgan fingerprint density at radius 2 is 1.80 bits per heavy atom. The van der Waals surface area contributed by atoms with Gasteiger partial charge < -0.3 is 15.3 Å². The quantitative estimate of drug-likeness (QED) is 0.771. The lowest BCUT2D eigenvalue weighted by atomic mass is 10.1. The van der Waals surface area contributed by atoms with Gasteiger partial charge in [0.15, 0.2) is 0 Å². The van der Waals surface area contributed by atoms with Gasteiger partial charge in [0, 0.05) is 18.3 Å². The Kier molecular flexibility index (Phi) is 6.89. The molecule has 2 rings (SSSR count). The largest absolute Gasteiger partial charge is 0.394 e. The first-order valence-corrected chi connectivity index (χ1v) is 8.17. The third-order valence-electron chi connectivity index (χ3n) is 3.94. The lowest BCUT2D eigenvalue weighted by Crippen LogP contribution is -2.44. The summed E-state index contributed by atoms with van der Waals surface area (Å²) in [7, 11) is 0. The number of rotatable bonds is 8. The molecule has 0 spiro atoms. The predicted molar refractivity (Wildman–Crippen MR) is 93.2 cm³/mol. The lowest BCUT2D eigenvalue weighted by Gasteiger charge is -2.31. The molecule has 1 unspecified atom stereocenters. The Morgan fingerprint density at radius 3 is 2.36 bits per heavy atom. The van der Waals surface area contributed by atoms with E-state index in [0.29, 0.717) is 12.0 Å². The number of carbonyl (C=O) groups is 1. The van der Waals surface area contributed by atoms with Crippen LogP contribution in [-0.4, -0.2) is 30.2 Å². The van der Waals surface area contributed by atoms with Crippen molar-refractivity contribution in [3.8, 4) is 0 Å². The van der Waals surface area contributed by atoms with Gasteiger partial charge in [0.1, 0.15) is 11.6 Å². The van der Waals surface area contributed by atoms with Gasteiger partial charge in [0.25, 0.3) is 0 Å². The molecule has 134 valence electrons. The van der Waals surface area contributed by atoms with Gasteiger partial charge >= 0.3 is 0 Å². The topological polar surface area (TPSA) is 52.6 Å². The fourth-order valence-corrected chi connectivity index (χ4v) is 2.62. The van der Waals surface area contributed by atoms with Gasteiger partial charge in [0.05, 0.1) is 19.2 Å². The van der Waals surface area contributed by atoms with E-state index < -0.39 is 11.6 Å². The van der Waals surface area contributed by atoms with E-state index >= 15 is 0 Å². The van der Waals surface area contributed by atoms with Crippen molar-refractivity contribution in [1.29, 1.82) is 0 Å². The van der Waals surface area contributed by atoms with E-state index in [1.165, 1.54) is 12.1 Å². The number of nitrogens with zero attached hydrogens (tertiary/aromatic N) is 1. The molecule has 6 heteroatoms. The zero-order valence-electron chi connectivity index (χ0n) is 14.1. The molecule has 0 fully saturated rings. The third-order valence-corrected chi connectivity index (χ3v) is 3.94. The van der Waals surface area contributed by atoms with Crippen molar-refractivity contribution in [3.63, 3.8) is 0 Å². The molecule has 0 saturated heterocycles. The summed E-state index contributed by atoms with van der Waals surface area (Å²) >= 11 is 0. The molecule has 2 aromatic rings. The molecule has 25 heavy (non-hydrogen) atoms. The second-order valence-corrected chi connectivity index (χ2v) is 5.76. The smallest absolute Gasteiger partial charge is 0.239 e. The van der Waals surface area contributed by atoms with E-state index in [0.717, 1.165) is 11.8 Å². The number of benzene rings is 2. The van der Waals surface area contributed by atoms with Crippen molar-refractivity contribution in [2.24, 2.45) is 0 Å².